The topological polar surface area (TPSA) is 72.9 Å². The molecule has 3 rings (SSSR count). The van der Waals surface area contributed by atoms with Gasteiger partial charge in [0.15, 0.2) is 6.61 Å². The van der Waals surface area contributed by atoms with Crippen LogP contribution in [0.3, 0.4) is 0 Å². The predicted molar refractivity (Wildman–Crippen MR) is 118 cm³/mol. The predicted octanol–water partition coefficient (Wildman–Crippen LogP) is 3.84. The molecule has 6 nitrogen and oxygen atoms in total. The molecular formula is C24H24ClNO5. The van der Waals surface area contributed by atoms with Crippen molar-refractivity contribution >= 4 is 41.1 Å². The molecule has 1 aliphatic rings. The van der Waals surface area contributed by atoms with Gasteiger partial charge in [0.2, 0.25) is 0 Å². The van der Waals surface area contributed by atoms with Crippen molar-refractivity contribution < 1.29 is 23.9 Å². The van der Waals surface area contributed by atoms with Gasteiger partial charge >= 0.3 is 11.9 Å². The van der Waals surface area contributed by atoms with E-state index in [1.807, 2.05) is 30.3 Å². The van der Waals surface area contributed by atoms with Gasteiger partial charge in [0.05, 0.1) is 18.6 Å². The highest BCUT2D eigenvalue weighted by molar-refractivity contribution is 6.30. The lowest BCUT2D eigenvalue weighted by molar-refractivity contribution is -0.151. The Kier molecular flexibility index (Phi) is 7.84. The second kappa shape index (κ2) is 10.8. The Hall–Kier alpha value is -3.12. The summed E-state index contributed by atoms with van der Waals surface area (Å²) < 4.78 is 10.1. The van der Waals surface area contributed by atoms with Gasteiger partial charge < -0.3 is 14.4 Å². The van der Waals surface area contributed by atoms with Crippen LogP contribution in [0.4, 0.5) is 0 Å². The Morgan fingerprint density at radius 2 is 1.68 bits per heavy atom. The third kappa shape index (κ3) is 6.18. The van der Waals surface area contributed by atoms with Crippen LogP contribution in [0.25, 0.3) is 11.6 Å². The molecule has 31 heavy (non-hydrogen) atoms. The third-order valence-electron chi connectivity index (χ3n) is 5.19. The highest BCUT2D eigenvalue weighted by Crippen LogP contribution is 2.23. The van der Waals surface area contributed by atoms with E-state index in [1.165, 1.54) is 7.11 Å². The molecule has 7 heteroatoms. The number of piperidine rings is 1. The van der Waals surface area contributed by atoms with Gasteiger partial charge in [0.1, 0.15) is 0 Å². The van der Waals surface area contributed by atoms with Crippen molar-refractivity contribution in [3.63, 3.8) is 0 Å². The number of hydrogen-bond acceptors (Lipinski definition) is 5. The molecule has 0 aliphatic carbocycles. The lowest BCUT2D eigenvalue weighted by Gasteiger charge is -2.30. The molecule has 0 N–H and O–H groups in total. The number of esters is 2. The van der Waals surface area contributed by atoms with Crippen LogP contribution in [0.5, 0.6) is 0 Å². The first-order valence-electron chi connectivity index (χ1n) is 10.0. The number of halogens is 1. The summed E-state index contributed by atoms with van der Waals surface area (Å²) in [5.74, 6) is -1.32. The molecule has 1 amide bonds. The average molecular weight is 442 g/mol. The van der Waals surface area contributed by atoms with Gasteiger partial charge in [-0.25, -0.2) is 4.79 Å². The molecule has 1 saturated heterocycles. The maximum absolute atomic E-state index is 12.8. The molecule has 0 saturated carbocycles. The molecule has 0 aromatic heterocycles. The number of nitrogens with zero attached hydrogens (tertiary/aromatic N) is 1. The van der Waals surface area contributed by atoms with Gasteiger partial charge in [0, 0.05) is 18.1 Å². The van der Waals surface area contributed by atoms with E-state index in [0.717, 1.165) is 5.56 Å². The number of benzene rings is 2. The normalized spacial score (nSPS) is 14.8. The van der Waals surface area contributed by atoms with Crippen molar-refractivity contribution in [3.05, 3.63) is 70.7 Å². The zero-order chi connectivity index (χ0) is 22.2. The Labute approximate surface area is 186 Å². The molecule has 0 atom stereocenters. The average Bonchev–Trinajstić information content (AvgIpc) is 2.81. The number of ether oxygens (including phenoxy) is 2. The first-order valence-corrected chi connectivity index (χ1v) is 10.4. The quantitative estimate of drug-likeness (QED) is 0.387. The summed E-state index contributed by atoms with van der Waals surface area (Å²) in [6.45, 7) is 0.502. The summed E-state index contributed by atoms with van der Waals surface area (Å²) in [6, 6.07) is 16.2. The fourth-order valence-electron chi connectivity index (χ4n) is 3.43. The summed E-state index contributed by atoms with van der Waals surface area (Å²) in [5, 5.41) is 0.557. The van der Waals surface area contributed by atoms with E-state index in [1.54, 1.807) is 35.2 Å². The minimum atomic E-state index is -0.594. The van der Waals surface area contributed by atoms with Crippen LogP contribution in [-0.4, -0.2) is 49.6 Å². The molecule has 2 aromatic carbocycles. The summed E-state index contributed by atoms with van der Waals surface area (Å²) in [6.07, 6.45) is 2.80. The standard InChI is InChI=1S/C24H24ClNO5/c1-30-23(28)19-11-13-26(14-12-19)22(27)16-31-24(29)21(15-17-5-3-2-4-6-17)18-7-9-20(25)10-8-18/h2-10,15,19H,11-14,16H2,1H3/b21-15+. The number of carbonyl (C=O) groups excluding carboxylic acids is 3. The Balaban J connectivity index is 1.65. The molecule has 162 valence electrons. The van der Waals surface area contributed by atoms with Crippen molar-refractivity contribution in [2.75, 3.05) is 26.8 Å². The zero-order valence-corrected chi connectivity index (χ0v) is 18.0. The summed E-state index contributed by atoms with van der Waals surface area (Å²) in [5.41, 5.74) is 1.81. The monoisotopic (exact) mass is 441 g/mol. The number of hydrogen-bond donors (Lipinski definition) is 0. The van der Waals surface area contributed by atoms with Crippen molar-refractivity contribution in [1.29, 1.82) is 0 Å². The largest absolute Gasteiger partial charge is 0.469 e. The zero-order valence-electron chi connectivity index (χ0n) is 17.3. The van der Waals surface area contributed by atoms with E-state index >= 15 is 0 Å². The van der Waals surface area contributed by atoms with Crippen LogP contribution in [0.2, 0.25) is 5.02 Å². The van der Waals surface area contributed by atoms with Crippen molar-refractivity contribution in [3.8, 4) is 0 Å². The fraction of sp³-hybridized carbons (Fsp3) is 0.292. The van der Waals surface area contributed by atoms with E-state index in [2.05, 4.69) is 0 Å². The molecular weight excluding hydrogens is 418 g/mol. The highest BCUT2D eigenvalue weighted by atomic mass is 35.5. The number of carbonyl (C=O) groups is 3. The van der Waals surface area contributed by atoms with Crippen LogP contribution in [0, 0.1) is 5.92 Å². The van der Waals surface area contributed by atoms with Crippen molar-refractivity contribution in [1.82, 2.24) is 4.90 Å². The lowest BCUT2D eigenvalue weighted by atomic mass is 9.97. The molecule has 1 heterocycles. The Morgan fingerprint density at radius 3 is 2.29 bits per heavy atom. The summed E-state index contributed by atoms with van der Waals surface area (Å²) in [7, 11) is 1.36. The minimum Gasteiger partial charge on any atom is -0.469 e. The molecule has 0 unspecified atom stereocenters. The van der Waals surface area contributed by atoms with Gasteiger partial charge in [0.25, 0.3) is 5.91 Å². The summed E-state index contributed by atoms with van der Waals surface area (Å²) >= 11 is 5.97. The number of amides is 1. The first kappa shape index (κ1) is 22.6. The fourth-order valence-corrected chi connectivity index (χ4v) is 3.56. The molecule has 1 fully saturated rings. The summed E-state index contributed by atoms with van der Waals surface area (Å²) in [4.78, 5) is 38.6. The van der Waals surface area contributed by atoms with Crippen LogP contribution >= 0.6 is 11.6 Å². The van der Waals surface area contributed by atoms with E-state index in [0.29, 0.717) is 42.1 Å². The van der Waals surface area contributed by atoms with E-state index in [4.69, 9.17) is 21.1 Å². The number of rotatable bonds is 6. The maximum atomic E-state index is 12.8. The SMILES string of the molecule is COC(=O)C1CCN(C(=O)COC(=O)/C(=C/c2ccccc2)c2ccc(Cl)cc2)CC1. The first-order chi connectivity index (χ1) is 15.0. The second-order valence-corrected chi connectivity index (χ2v) is 7.67. The Bertz CT molecular complexity index is 948. The van der Waals surface area contributed by atoms with E-state index in [9.17, 15) is 14.4 Å². The van der Waals surface area contributed by atoms with Crippen LogP contribution < -0.4 is 0 Å². The van der Waals surface area contributed by atoms with Gasteiger partial charge in [-0.15, -0.1) is 0 Å². The van der Waals surface area contributed by atoms with E-state index in [-0.39, 0.29) is 24.4 Å². The molecule has 0 spiro atoms. The van der Waals surface area contributed by atoms with Crippen molar-refractivity contribution in [2.45, 2.75) is 12.8 Å². The van der Waals surface area contributed by atoms with Crippen molar-refractivity contribution in [2.24, 2.45) is 5.92 Å². The van der Waals surface area contributed by atoms with Gasteiger partial charge in [-0.3, -0.25) is 9.59 Å². The molecule has 2 aromatic rings. The van der Waals surface area contributed by atoms with E-state index < -0.39 is 5.97 Å². The van der Waals surface area contributed by atoms with Gasteiger partial charge in [-0.1, -0.05) is 54.1 Å². The third-order valence-corrected chi connectivity index (χ3v) is 5.45. The highest BCUT2D eigenvalue weighted by Gasteiger charge is 2.28. The van der Waals surface area contributed by atoms with Gasteiger partial charge in [-0.2, -0.15) is 0 Å². The Morgan fingerprint density at radius 1 is 1.03 bits per heavy atom. The number of likely N-dealkylation sites (tertiary alicyclic amines) is 1. The number of methoxy groups -OCH3 is 1. The molecule has 0 bridgehead atoms. The second-order valence-electron chi connectivity index (χ2n) is 7.23. The van der Waals surface area contributed by atoms with Crippen LogP contribution in [0.1, 0.15) is 24.0 Å². The maximum Gasteiger partial charge on any atom is 0.339 e. The molecule has 1 aliphatic heterocycles. The van der Waals surface area contributed by atoms with Crippen LogP contribution in [-0.2, 0) is 23.9 Å². The minimum absolute atomic E-state index is 0.193. The van der Waals surface area contributed by atoms with Crippen LogP contribution in [0.15, 0.2) is 54.6 Å². The lowest BCUT2D eigenvalue weighted by Crippen LogP contribution is -2.42. The smallest absolute Gasteiger partial charge is 0.339 e. The van der Waals surface area contributed by atoms with Gasteiger partial charge in [-0.05, 0) is 42.2 Å². The molecule has 0 radical (unpaired) electrons.